The van der Waals surface area contributed by atoms with Crippen LogP contribution >= 0.6 is 0 Å². The molecule has 1 aromatic heterocycles. The molecule has 0 saturated heterocycles. The molecule has 0 fully saturated rings. The highest BCUT2D eigenvalue weighted by atomic mass is 16.5. The summed E-state index contributed by atoms with van der Waals surface area (Å²) in [7, 11) is 3.98. The largest absolute Gasteiger partial charge is 0.485 e. The van der Waals surface area contributed by atoms with Gasteiger partial charge >= 0.3 is 0 Å². The summed E-state index contributed by atoms with van der Waals surface area (Å²) >= 11 is 0. The van der Waals surface area contributed by atoms with Crippen molar-refractivity contribution in [3.8, 4) is 5.75 Å². The molecule has 0 spiro atoms. The van der Waals surface area contributed by atoms with Crippen LogP contribution in [-0.2, 0) is 6.61 Å². The van der Waals surface area contributed by atoms with Gasteiger partial charge in [0.15, 0.2) is 0 Å². The predicted molar refractivity (Wildman–Crippen MR) is 86.7 cm³/mol. The van der Waals surface area contributed by atoms with Crippen molar-refractivity contribution in [1.82, 2.24) is 9.78 Å². The van der Waals surface area contributed by atoms with Crippen molar-refractivity contribution in [3.63, 3.8) is 0 Å². The molecule has 2 aromatic rings. The number of nitrogen functional groups attached to an aromatic ring is 1. The third-order valence-corrected chi connectivity index (χ3v) is 3.60. The fraction of sp³-hybridized carbons (Fsp3) is 0.438. The van der Waals surface area contributed by atoms with Crippen LogP contribution in [0.25, 0.3) is 0 Å². The summed E-state index contributed by atoms with van der Waals surface area (Å²) in [6.45, 7) is 4.72. The lowest BCUT2D eigenvalue weighted by atomic mass is 10.2. The molecular weight excluding hydrogens is 264 g/mol. The van der Waals surface area contributed by atoms with Crippen LogP contribution in [-0.4, -0.2) is 23.9 Å². The molecule has 0 saturated carbocycles. The minimum Gasteiger partial charge on any atom is -0.485 e. The van der Waals surface area contributed by atoms with Crippen molar-refractivity contribution < 1.29 is 4.74 Å². The van der Waals surface area contributed by atoms with E-state index >= 15 is 0 Å². The van der Waals surface area contributed by atoms with Crippen LogP contribution < -0.4 is 15.4 Å². The number of hydrogen-bond donors (Lipinski definition) is 1. The van der Waals surface area contributed by atoms with E-state index in [4.69, 9.17) is 10.5 Å². The second-order valence-electron chi connectivity index (χ2n) is 5.45. The standard InChI is InChI=1S/C16H24N4O/c1-5-12(2)20-9-8-13(18-20)11-21-16-10-14(19(3)4)6-7-15(16)17/h6-10,12H,5,11,17H2,1-4H3. The first-order valence-corrected chi connectivity index (χ1v) is 7.25. The molecule has 5 heteroatoms. The van der Waals surface area contributed by atoms with Crippen LogP contribution in [0.15, 0.2) is 30.5 Å². The first-order valence-electron chi connectivity index (χ1n) is 7.25. The zero-order valence-corrected chi connectivity index (χ0v) is 13.2. The quantitative estimate of drug-likeness (QED) is 0.830. The van der Waals surface area contributed by atoms with Gasteiger partial charge in [-0.25, -0.2) is 0 Å². The molecule has 21 heavy (non-hydrogen) atoms. The molecule has 5 nitrogen and oxygen atoms in total. The van der Waals surface area contributed by atoms with Gasteiger partial charge in [-0.2, -0.15) is 5.10 Å². The Morgan fingerprint density at radius 1 is 1.33 bits per heavy atom. The van der Waals surface area contributed by atoms with E-state index in [0.717, 1.165) is 17.8 Å². The van der Waals surface area contributed by atoms with Crippen LogP contribution in [0.5, 0.6) is 5.75 Å². The SMILES string of the molecule is CCC(C)n1ccc(COc2cc(N(C)C)ccc2N)n1. The molecule has 1 atom stereocenters. The summed E-state index contributed by atoms with van der Waals surface area (Å²) in [5, 5.41) is 4.52. The maximum Gasteiger partial charge on any atom is 0.144 e. The second-order valence-corrected chi connectivity index (χ2v) is 5.45. The monoisotopic (exact) mass is 288 g/mol. The van der Waals surface area contributed by atoms with E-state index in [1.54, 1.807) is 0 Å². The molecule has 2 rings (SSSR count). The predicted octanol–water partition coefficient (Wildman–Crippen LogP) is 3.08. The van der Waals surface area contributed by atoms with Crippen molar-refractivity contribution in [2.75, 3.05) is 24.7 Å². The highest BCUT2D eigenvalue weighted by molar-refractivity contribution is 5.61. The van der Waals surface area contributed by atoms with Crippen molar-refractivity contribution in [2.45, 2.75) is 32.9 Å². The second kappa shape index (κ2) is 6.52. The fourth-order valence-electron chi connectivity index (χ4n) is 1.96. The molecule has 0 bridgehead atoms. The summed E-state index contributed by atoms with van der Waals surface area (Å²) < 4.78 is 7.78. The number of hydrogen-bond acceptors (Lipinski definition) is 4. The topological polar surface area (TPSA) is 56.3 Å². The number of aromatic nitrogens is 2. The lowest BCUT2D eigenvalue weighted by molar-refractivity contribution is 0.300. The number of nitrogens with zero attached hydrogens (tertiary/aromatic N) is 3. The summed E-state index contributed by atoms with van der Waals surface area (Å²) in [6.07, 6.45) is 3.05. The van der Waals surface area contributed by atoms with Crippen molar-refractivity contribution in [3.05, 3.63) is 36.2 Å². The minimum atomic E-state index is 0.404. The molecule has 0 amide bonds. The van der Waals surface area contributed by atoms with Gasteiger partial charge in [-0.1, -0.05) is 6.92 Å². The van der Waals surface area contributed by atoms with Crippen LogP contribution in [0.4, 0.5) is 11.4 Å². The summed E-state index contributed by atoms with van der Waals surface area (Å²) in [5.74, 6) is 0.694. The first-order chi connectivity index (χ1) is 10.0. The zero-order chi connectivity index (χ0) is 15.4. The average molecular weight is 288 g/mol. The molecular formula is C16H24N4O. The number of ether oxygens (including phenoxy) is 1. The lowest BCUT2D eigenvalue weighted by Gasteiger charge is -2.15. The van der Waals surface area contributed by atoms with Gasteiger partial charge in [-0.3, -0.25) is 4.68 Å². The van der Waals surface area contributed by atoms with Crippen molar-refractivity contribution in [1.29, 1.82) is 0 Å². The Morgan fingerprint density at radius 2 is 2.10 bits per heavy atom. The third-order valence-electron chi connectivity index (χ3n) is 3.60. The zero-order valence-electron chi connectivity index (χ0n) is 13.2. The Kier molecular flexibility index (Phi) is 4.73. The van der Waals surface area contributed by atoms with Gasteiger partial charge in [0.1, 0.15) is 12.4 Å². The Hall–Kier alpha value is -2.17. The highest BCUT2D eigenvalue weighted by Gasteiger charge is 2.07. The molecule has 2 N–H and O–H groups in total. The molecule has 1 heterocycles. The average Bonchev–Trinajstić information content (AvgIpc) is 2.94. The molecule has 0 aliphatic heterocycles. The lowest BCUT2D eigenvalue weighted by Crippen LogP contribution is -2.09. The van der Waals surface area contributed by atoms with Gasteiger partial charge in [0.2, 0.25) is 0 Å². The number of benzene rings is 1. The highest BCUT2D eigenvalue weighted by Crippen LogP contribution is 2.27. The van der Waals surface area contributed by atoms with Crippen LogP contribution in [0, 0.1) is 0 Å². The van der Waals surface area contributed by atoms with E-state index in [2.05, 4.69) is 18.9 Å². The van der Waals surface area contributed by atoms with E-state index in [-0.39, 0.29) is 0 Å². The number of rotatable bonds is 6. The van der Waals surface area contributed by atoms with E-state index in [1.165, 1.54) is 0 Å². The van der Waals surface area contributed by atoms with Crippen molar-refractivity contribution >= 4 is 11.4 Å². The van der Waals surface area contributed by atoms with Gasteiger partial charge in [0.25, 0.3) is 0 Å². The molecule has 0 radical (unpaired) electrons. The smallest absolute Gasteiger partial charge is 0.144 e. The maximum absolute atomic E-state index is 5.96. The fourth-order valence-corrected chi connectivity index (χ4v) is 1.96. The van der Waals surface area contributed by atoms with Crippen LogP contribution in [0.2, 0.25) is 0 Å². The van der Waals surface area contributed by atoms with Crippen LogP contribution in [0.1, 0.15) is 32.0 Å². The number of anilines is 2. The Labute approximate surface area is 126 Å². The van der Waals surface area contributed by atoms with E-state index in [0.29, 0.717) is 24.1 Å². The first kappa shape index (κ1) is 15.2. The van der Waals surface area contributed by atoms with E-state index < -0.39 is 0 Å². The Balaban J connectivity index is 2.06. The molecule has 114 valence electrons. The van der Waals surface area contributed by atoms with Crippen LogP contribution in [0.3, 0.4) is 0 Å². The van der Waals surface area contributed by atoms with Gasteiger partial charge in [0.05, 0.1) is 11.4 Å². The van der Waals surface area contributed by atoms with Gasteiger partial charge < -0.3 is 15.4 Å². The molecule has 1 unspecified atom stereocenters. The molecule has 0 aliphatic carbocycles. The van der Waals surface area contributed by atoms with E-state index in [9.17, 15) is 0 Å². The Morgan fingerprint density at radius 3 is 2.76 bits per heavy atom. The van der Waals surface area contributed by atoms with Gasteiger partial charge in [-0.05, 0) is 31.5 Å². The van der Waals surface area contributed by atoms with Crippen molar-refractivity contribution in [2.24, 2.45) is 0 Å². The van der Waals surface area contributed by atoms with Gasteiger partial charge in [-0.15, -0.1) is 0 Å². The van der Waals surface area contributed by atoms with E-state index in [1.807, 2.05) is 54.1 Å². The summed E-state index contributed by atoms with van der Waals surface area (Å²) in [4.78, 5) is 2.02. The van der Waals surface area contributed by atoms with Gasteiger partial charge in [0, 0.05) is 38.1 Å². The molecule has 1 aromatic carbocycles. The third kappa shape index (κ3) is 3.68. The maximum atomic E-state index is 5.96. The minimum absolute atomic E-state index is 0.404. The summed E-state index contributed by atoms with van der Waals surface area (Å²) in [5.41, 5.74) is 8.57. The normalized spacial score (nSPS) is 12.2. The number of nitrogens with two attached hydrogens (primary N) is 1. The Bertz CT molecular complexity index is 592. The molecule has 0 aliphatic rings. The summed E-state index contributed by atoms with van der Waals surface area (Å²) in [6, 6.07) is 8.17.